The number of aliphatic hydroxyl groups is 1. The van der Waals surface area contributed by atoms with Gasteiger partial charge >= 0.3 is 0 Å². The van der Waals surface area contributed by atoms with E-state index in [1.54, 1.807) is 19.6 Å². The first-order chi connectivity index (χ1) is 24.4. The summed E-state index contributed by atoms with van der Waals surface area (Å²) in [7, 11) is -3.07. The molecule has 51 heavy (non-hydrogen) atoms. The van der Waals surface area contributed by atoms with Gasteiger partial charge in [0.25, 0.3) is 5.91 Å². The zero-order valence-electron chi connectivity index (χ0n) is 29.2. The Kier molecular flexibility index (Phi) is 8.21. The molecule has 2 N–H and O–H groups in total. The Labute approximate surface area is 298 Å². The molecule has 0 aromatic heterocycles. The number of nitrogens with zero attached hydrogens (tertiary/aromatic N) is 4. The fourth-order valence-electron chi connectivity index (χ4n) is 9.06. The van der Waals surface area contributed by atoms with Gasteiger partial charge in [-0.2, -0.15) is 0 Å². The van der Waals surface area contributed by atoms with Crippen LogP contribution in [-0.2, 0) is 49.0 Å². The van der Waals surface area contributed by atoms with Crippen LogP contribution in [0.1, 0.15) is 48.4 Å². The van der Waals surface area contributed by atoms with Crippen molar-refractivity contribution in [1.29, 1.82) is 0 Å². The average Bonchev–Trinajstić information content (AvgIpc) is 3.52. The highest BCUT2D eigenvalue weighted by atomic mass is 28.4. The van der Waals surface area contributed by atoms with Gasteiger partial charge in [0.15, 0.2) is 13.9 Å². The van der Waals surface area contributed by atoms with E-state index in [0.29, 0.717) is 55.8 Å². The second kappa shape index (κ2) is 12.4. The number of amides is 4. The zero-order valence-corrected chi connectivity index (χ0v) is 30.2. The predicted octanol–water partition coefficient (Wildman–Crippen LogP) is 3.84. The predicted molar refractivity (Wildman–Crippen MR) is 193 cm³/mol. The minimum Gasteiger partial charge on any atom is -0.432 e. The maximum absolute atomic E-state index is 15.0. The van der Waals surface area contributed by atoms with Crippen molar-refractivity contribution in [1.82, 2.24) is 4.90 Å². The van der Waals surface area contributed by atoms with Crippen LogP contribution in [0, 0.1) is 5.92 Å². The molecule has 5 aliphatic rings. The lowest BCUT2D eigenvalue weighted by Crippen LogP contribution is -2.48. The van der Waals surface area contributed by atoms with Crippen molar-refractivity contribution in [2.75, 3.05) is 34.4 Å². The number of hydrogen-bond donors (Lipinski definition) is 2. The maximum Gasteiger partial charge on any atom is 0.264 e. The van der Waals surface area contributed by atoms with Gasteiger partial charge in [-0.1, -0.05) is 43.3 Å². The zero-order chi connectivity index (χ0) is 35.8. The van der Waals surface area contributed by atoms with Gasteiger partial charge in [0.1, 0.15) is 0 Å². The Hall–Kier alpha value is -4.36. The largest absolute Gasteiger partial charge is 0.432 e. The molecule has 5 atom stereocenters. The van der Waals surface area contributed by atoms with E-state index in [9.17, 15) is 24.3 Å². The van der Waals surface area contributed by atoms with Crippen molar-refractivity contribution in [2.45, 2.75) is 82.1 Å². The van der Waals surface area contributed by atoms with Gasteiger partial charge in [-0.3, -0.25) is 19.2 Å². The van der Waals surface area contributed by atoms with Crippen LogP contribution < -0.4 is 14.7 Å². The van der Waals surface area contributed by atoms with E-state index in [4.69, 9.17) is 4.74 Å². The third-order valence-electron chi connectivity index (χ3n) is 11.8. The summed E-state index contributed by atoms with van der Waals surface area (Å²) in [6.07, 6.45) is 0.750. The van der Waals surface area contributed by atoms with Gasteiger partial charge in [-0.15, -0.1) is 0 Å². The second-order valence-corrected chi connectivity index (χ2v) is 19.2. The van der Waals surface area contributed by atoms with E-state index >= 15 is 4.79 Å². The lowest BCUT2D eigenvalue weighted by atomic mass is 9.82. The minimum absolute atomic E-state index is 0.0122. The summed E-state index contributed by atoms with van der Waals surface area (Å²) < 4.78 is 6.99. The number of β-lactam (4-membered cyclic amide) rings is 2. The van der Waals surface area contributed by atoms with Crippen molar-refractivity contribution in [3.05, 3.63) is 89.0 Å². The summed E-state index contributed by atoms with van der Waals surface area (Å²) in [5.74, 6) is -0.844. The molecule has 8 rings (SSSR count). The van der Waals surface area contributed by atoms with Gasteiger partial charge in [-0.25, -0.2) is 0 Å². The van der Waals surface area contributed by atoms with E-state index in [2.05, 4.69) is 0 Å². The Morgan fingerprint density at radius 2 is 1.57 bits per heavy atom. The molecule has 5 heterocycles. The van der Waals surface area contributed by atoms with Crippen molar-refractivity contribution >= 4 is 49.0 Å². The second-order valence-electron chi connectivity index (χ2n) is 15.2. The van der Waals surface area contributed by atoms with Crippen LogP contribution in [0.5, 0.6) is 0 Å². The van der Waals surface area contributed by atoms with Crippen LogP contribution in [0.4, 0.5) is 17.1 Å². The van der Waals surface area contributed by atoms with E-state index in [-0.39, 0.29) is 49.2 Å². The Morgan fingerprint density at radius 1 is 0.922 bits per heavy atom. The van der Waals surface area contributed by atoms with E-state index in [1.807, 2.05) is 86.7 Å². The molecule has 3 aromatic carbocycles. The van der Waals surface area contributed by atoms with E-state index in [0.717, 1.165) is 22.4 Å². The number of ether oxygens (including phenoxy) is 1. The number of hydrogen-bond acceptors (Lipinski definition) is 7. The molecule has 3 aromatic rings. The van der Waals surface area contributed by atoms with Gasteiger partial charge < -0.3 is 34.2 Å². The molecule has 12 heteroatoms. The number of carbonyl (C=O) groups is 4. The standard InChI is InChI=1S/C39H44N4O7Si/c1-24-37(51(2,3)49)33(20-36(47)42-22-27-7-5-4-6-26(27)18-30(42)23-44)50-39(24)31-19-29(41-17-15-35(41)46)12-13-32(31)43(38(39)48)21-25-8-10-28(11-9-25)40-16-14-34(40)45/h4-13,19,24,30,33,37,44,49H,14-18,20-23H2,1-3H3/t24-,30+,33+,37-,39+/m1/s1. The number of fused-ring (bicyclic) bond motifs is 3. The third kappa shape index (κ3) is 5.42. The Morgan fingerprint density at radius 3 is 2.18 bits per heavy atom. The van der Waals surface area contributed by atoms with E-state index in [1.165, 1.54) is 0 Å². The molecule has 5 aliphatic heterocycles. The average molecular weight is 709 g/mol. The van der Waals surface area contributed by atoms with Crippen LogP contribution in [0.15, 0.2) is 66.7 Å². The highest BCUT2D eigenvalue weighted by molar-refractivity contribution is 6.71. The molecular formula is C39H44N4O7Si. The van der Waals surface area contributed by atoms with Crippen molar-refractivity contribution in [3.8, 4) is 0 Å². The molecule has 3 fully saturated rings. The number of anilines is 3. The van der Waals surface area contributed by atoms with Crippen molar-refractivity contribution < 1.29 is 33.8 Å². The maximum atomic E-state index is 15.0. The quantitative estimate of drug-likeness (QED) is 0.269. The van der Waals surface area contributed by atoms with Crippen molar-refractivity contribution in [3.63, 3.8) is 0 Å². The van der Waals surface area contributed by atoms with Crippen molar-refractivity contribution in [2.24, 2.45) is 5.92 Å². The third-order valence-corrected chi connectivity index (χ3v) is 14.3. The first-order valence-electron chi connectivity index (χ1n) is 17.9. The fraction of sp³-hybridized carbons (Fsp3) is 0.436. The molecule has 4 amide bonds. The molecule has 266 valence electrons. The number of rotatable bonds is 8. The highest BCUT2D eigenvalue weighted by Gasteiger charge is 2.66. The van der Waals surface area contributed by atoms with E-state index < -0.39 is 31.5 Å². The van der Waals surface area contributed by atoms with Gasteiger partial charge in [0.05, 0.1) is 37.4 Å². The molecular weight excluding hydrogens is 665 g/mol. The molecule has 0 unspecified atom stereocenters. The van der Waals surface area contributed by atoms with Gasteiger partial charge in [0, 0.05) is 60.9 Å². The number of benzene rings is 3. The van der Waals surface area contributed by atoms with Gasteiger partial charge in [0.2, 0.25) is 17.7 Å². The fourth-order valence-corrected chi connectivity index (χ4v) is 11.6. The number of aliphatic hydroxyl groups excluding tert-OH is 1. The lowest BCUT2D eigenvalue weighted by Gasteiger charge is -2.37. The topological polar surface area (TPSA) is 131 Å². The first-order valence-corrected chi connectivity index (χ1v) is 21.0. The van der Waals surface area contributed by atoms with Crippen LogP contribution in [0.25, 0.3) is 0 Å². The molecule has 0 aliphatic carbocycles. The van der Waals surface area contributed by atoms with Crippen LogP contribution in [0.3, 0.4) is 0 Å². The SMILES string of the molecule is C[C@@H]1[C@@H]([Si](C)(C)O)[C@H](CC(=O)N2Cc3ccccc3C[C@H]2CO)O[C@@]12C(=O)N(Cc1ccc(N3CCC3=O)cc1)c1ccc(N3CCC3=O)cc12. The summed E-state index contributed by atoms with van der Waals surface area (Å²) in [4.78, 5) is 72.5. The summed E-state index contributed by atoms with van der Waals surface area (Å²) in [6.45, 7) is 7.33. The molecule has 0 bridgehead atoms. The monoisotopic (exact) mass is 708 g/mol. The smallest absolute Gasteiger partial charge is 0.264 e. The summed E-state index contributed by atoms with van der Waals surface area (Å²) in [5.41, 5.74) is 3.88. The molecule has 0 radical (unpaired) electrons. The van der Waals surface area contributed by atoms with Crippen LogP contribution >= 0.6 is 0 Å². The molecule has 1 spiro atoms. The Balaban J connectivity index is 1.14. The Bertz CT molecular complexity index is 1930. The highest BCUT2D eigenvalue weighted by Crippen LogP contribution is 2.60. The summed E-state index contributed by atoms with van der Waals surface area (Å²) in [5, 5.41) is 10.3. The summed E-state index contributed by atoms with van der Waals surface area (Å²) in [6, 6.07) is 20.8. The van der Waals surface area contributed by atoms with Crippen LogP contribution in [-0.4, -0.2) is 78.6 Å². The van der Waals surface area contributed by atoms with Gasteiger partial charge in [-0.05, 0) is 66.5 Å². The van der Waals surface area contributed by atoms with Crippen LogP contribution in [0.2, 0.25) is 18.6 Å². The lowest BCUT2D eigenvalue weighted by molar-refractivity contribution is -0.151. The normalized spacial score (nSPS) is 27.1. The minimum atomic E-state index is -3.07. The first kappa shape index (κ1) is 33.8. The molecule has 11 nitrogen and oxygen atoms in total. The molecule has 0 saturated carbocycles. The molecule has 3 saturated heterocycles. The number of carbonyl (C=O) groups excluding carboxylic acids is 4. The summed E-state index contributed by atoms with van der Waals surface area (Å²) >= 11 is 0.